The lowest BCUT2D eigenvalue weighted by atomic mass is 9.87. The molecule has 4 N–H and O–H groups in total. The van der Waals surface area contributed by atoms with Crippen LogP contribution in [0.15, 0.2) is 76.8 Å². The van der Waals surface area contributed by atoms with Gasteiger partial charge in [0.05, 0.1) is 9.79 Å². The number of rotatable bonds is 3. The summed E-state index contributed by atoms with van der Waals surface area (Å²) in [4.78, 5) is 8.23. The van der Waals surface area contributed by atoms with Gasteiger partial charge in [-0.05, 0) is 69.9 Å². The number of aryl methyl sites for hydroxylation is 2. The third-order valence-electron chi connectivity index (χ3n) is 6.12. The molecule has 12 heteroatoms. The van der Waals surface area contributed by atoms with Gasteiger partial charge in [-0.25, -0.2) is 9.97 Å². The molecule has 2 aliphatic rings. The van der Waals surface area contributed by atoms with Gasteiger partial charge in [0.1, 0.15) is 5.60 Å². The second kappa shape index (κ2) is 11.8. The van der Waals surface area contributed by atoms with Crippen LogP contribution in [-0.4, -0.2) is 53.1 Å². The Kier molecular flexibility index (Phi) is 9.16. The largest absolute Gasteiger partial charge is 0.382 e. The Labute approximate surface area is 217 Å². The van der Waals surface area contributed by atoms with E-state index < -0.39 is 25.8 Å². The second-order valence-electron chi connectivity index (χ2n) is 9.23. The van der Waals surface area contributed by atoms with Crippen LogP contribution in [0, 0.1) is 13.8 Å². The van der Waals surface area contributed by atoms with Crippen molar-refractivity contribution in [2.24, 2.45) is 0 Å². The van der Waals surface area contributed by atoms with Crippen LogP contribution in [0.25, 0.3) is 0 Å². The highest BCUT2D eigenvalue weighted by atomic mass is 32.2. The highest BCUT2D eigenvalue weighted by molar-refractivity contribution is 7.86. The van der Waals surface area contributed by atoms with Crippen molar-refractivity contribution in [3.05, 3.63) is 83.9 Å². The molecule has 0 radical (unpaired) electrons. The molecule has 1 aromatic heterocycles. The number of nitrogens with zero attached hydrogens (tertiary/aromatic N) is 2. The van der Waals surface area contributed by atoms with Crippen molar-refractivity contribution in [2.75, 3.05) is 0 Å². The Morgan fingerprint density at radius 1 is 0.757 bits per heavy atom. The molecule has 2 saturated heterocycles. The molecular formula is C25H31N3O7S2. The van der Waals surface area contributed by atoms with E-state index >= 15 is 0 Å². The molecule has 1 unspecified atom stereocenters. The molecule has 0 aliphatic carbocycles. The number of hydrogen-bond acceptors (Lipinski definition) is 8. The molecule has 2 aromatic carbocycles. The lowest BCUT2D eigenvalue weighted by Gasteiger charge is -2.35. The molecule has 3 heterocycles. The number of fused-ring (bicyclic) bond motifs is 2. The number of nitrogens with one attached hydrogen (secondary N) is 1. The van der Waals surface area contributed by atoms with Crippen molar-refractivity contribution < 1.29 is 31.0 Å². The molecule has 2 bridgehead atoms. The molecule has 0 saturated carbocycles. The molecule has 200 valence electrons. The Balaban J connectivity index is 0.000000158. The van der Waals surface area contributed by atoms with E-state index in [0.29, 0.717) is 17.9 Å². The van der Waals surface area contributed by atoms with E-state index in [1.54, 1.807) is 42.7 Å². The summed E-state index contributed by atoms with van der Waals surface area (Å²) in [5.41, 5.74) is 1.10. The van der Waals surface area contributed by atoms with Gasteiger partial charge in [-0.2, -0.15) is 16.8 Å². The molecule has 0 amide bonds. The summed E-state index contributed by atoms with van der Waals surface area (Å²) < 4.78 is 59.1. The summed E-state index contributed by atoms with van der Waals surface area (Å²) in [6.07, 6.45) is 7.22. The molecule has 2 fully saturated rings. The van der Waals surface area contributed by atoms with Gasteiger partial charge < -0.3 is 10.4 Å². The summed E-state index contributed by atoms with van der Waals surface area (Å²) >= 11 is 0. The Bertz CT molecular complexity index is 1290. The molecule has 37 heavy (non-hydrogen) atoms. The minimum absolute atomic E-state index is 0.0666. The van der Waals surface area contributed by atoms with Gasteiger partial charge in [-0.15, -0.1) is 0 Å². The van der Waals surface area contributed by atoms with Crippen molar-refractivity contribution in [3.63, 3.8) is 0 Å². The van der Waals surface area contributed by atoms with Gasteiger partial charge in [0.15, 0.2) is 5.82 Å². The zero-order valence-corrected chi connectivity index (χ0v) is 22.2. The van der Waals surface area contributed by atoms with Crippen molar-refractivity contribution >= 4 is 20.2 Å². The third-order valence-corrected chi connectivity index (χ3v) is 7.86. The normalized spacial score (nSPS) is 22.7. The molecule has 3 aromatic rings. The summed E-state index contributed by atoms with van der Waals surface area (Å²) in [6.45, 7) is 3.68. The van der Waals surface area contributed by atoms with Crippen LogP contribution >= 0.6 is 0 Å². The minimum Gasteiger partial charge on any atom is -0.382 e. The maximum atomic E-state index is 10.6. The standard InChI is InChI=1S/C11H15N3O.2C7H8O3S/c15-11(10-12-4-1-5-13-10)6-8-2-3-9(7-11)14-8;2*1-6-2-4-7(5-3-6)11(8,9)10/h1,4-5,8-9,14-15H,2-3,6-7H2;2*2-5H,1H3,(H,8,9,10)/t8-,9+,11?;;. The van der Waals surface area contributed by atoms with Gasteiger partial charge in [-0.1, -0.05) is 35.4 Å². The van der Waals surface area contributed by atoms with Gasteiger partial charge in [-0.3, -0.25) is 9.11 Å². The number of benzene rings is 2. The van der Waals surface area contributed by atoms with Crippen LogP contribution in [-0.2, 0) is 25.8 Å². The zero-order valence-electron chi connectivity index (χ0n) is 20.5. The van der Waals surface area contributed by atoms with Crippen LogP contribution in [0.1, 0.15) is 42.6 Å². The quantitative estimate of drug-likeness (QED) is 0.357. The van der Waals surface area contributed by atoms with E-state index in [9.17, 15) is 21.9 Å². The SMILES string of the molecule is Cc1ccc(S(=O)(=O)O)cc1.Cc1ccc(S(=O)(=O)O)cc1.OC1(c2ncccn2)C[C@H]2CC[C@@H](C1)N2. The van der Waals surface area contributed by atoms with Crippen molar-refractivity contribution in [3.8, 4) is 0 Å². The van der Waals surface area contributed by atoms with Gasteiger partial charge in [0.25, 0.3) is 20.2 Å². The molecule has 2 aliphatic heterocycles. The highest BCUT2D eigenvalue weighted by Gasteiger charge is 2.45. The minimum atomic E-state index is -4.02. The van der Waals surface area contributed by atoms with E-state index in [4.69, 9.17) is 9.11 Å². The third kappa shape index (κ3) is 8.38. The highest BCUT2D eigenvalue weighted by Crippen LogP contribution is 2.38. The number of hydrogen-bond donors (Lipinski definition) is 4. The zero-order chi connectivity index (χ0) is 27.3. The van der Waals surface area contributed by atoms with Crippen molar-refractivity contribution in [2.45, 2.75) is 67.0 Å². The average molecular weight is 550 g/mol. The first-order valence-electron chi connectivity index (χ1n) is 11.6. The van der Waals surface area contributed by atoms with Gasteiger partial charge in [0, 0.05) is 24.5 Å². The van der Waals surface area contributed by atoms with Crippen molar-refractivity contribution in [1.82, 2.24) is 15.3 Å². The second-order valence-corrected chi connectivity index (χ2v) is 12.1. The van der Waals surface area contributed by atoms with E-state index in [1.165, 1.54) is 37.1 Å². The van der Waals surface area contributed by atoms with E-state index in [2.05, 4.69) is 15.3 Å². The summed E-state index contributed by atoms with van der Waals surface area (Å²) in [5, 5.41) is 14.1. The number of piperidine rings is 1. The summed E-state index contributed by atoms with van der Waals surface area (Å²) in [5.74, 6) is 0.586. The van der Waals surface area contributed by atoms with Crippen LogP contribution in [0.5, 0.6) is 0 Å². The first-order valence-corrected chi connectivity index (χ1v) is 14.5. The predicted molar refractivity (Wildman–Crippen MR) is 137 cm³/mol. The summed E-state index contributed by atoms with van der Waals surface area (Å²) in [6, 6.07) is 14.6. The van der Waals surface area contributed by atoms with Crippen LogP contribution in [0.4, 0.5) is 0 Å². The lowest BCUT2D eigenvalue weighted by Crippen LogP contribution is -2.47. The van der Waals surface area contributed by atoms with E-state index in [0.717, 1.165) is 24.0 Å². The topological polar surface area (TPSA) is 167 Å². The lowest BCUT2D eigenvalue weighted by molar-refractivity contribution is -0.0194. The number of aromatic nitrogens is 2. The van der Waals surface area contributed by atoms with Crippen LogP contribution in [0.2, 0.25) is 0 Å². The van der Waals surface area contributed by atoms with Crippen molar-refractivity contribution in [1.29, 1.82) is 0 Å². The smallest absolute Gasteiger partial charge is 0.294 e. The van der Waals surface area contributed by atoms with Gasteiger partial charge in [0.2, 0.25) is 0 Å². The molecular weight excluding hydrogens is 518 g/mol. The van der Waals surface area contributed by atoms with Gasteiger partial charge >= 0.3 is 0 Å². The van der Waals surface area contributed by atoms with E-state index in [-0.39, 0.29) is 9.79 Å². The first kappa shape index (κ1) is 28.8. The Hall–Kier alpha value is -2.74. The molecule has 3 atom stereocenters. The Morgan fingerprint density at radius 3 is 1.49 bits per heavy atom. The monoisotopic (exact) mass is 549 g/mol. The fourth-order valence-electron chi connectivity index (χ4n) is 4.27. The molecule has 10 nitrogen and oxygen atoms in total. The number of aliphatic hydroxyl groups is 1. The molecule has 5 rings (SSSR count). The fraction of sp³-hybridized carbons (Fsp3) is 0.360. The maximum Gasteiger partial charge on any atom is 0.294 e. The Morgan fingerprint density at radius 2 is 1.14 bits per heavy atom. The predicted octanol–water partition coefficient (Wildman–Crippen LogP) is 3.06. The van der Waals surface area contributed by atoms with Crippen LogP contribution < -0.4 is 5.32 Å². The first-order chi connectivity index (χ1) is 17.3. The average Bonchev–Trinajstić information content (AvgIpc) is 3.18. The molecule has 0 spiro atoms. The maximum absolute atomic E-state index is 10.6. The van der Waals surface area contributed by atoms with E-state index in [1.807, 2.05) is 13.8 Å². The summed E-state index contributed by atoms with van der Waals surface area (Å²) in [7, 11) is -8.04. The van der Waals surface area contributed by atoms with Crippen LogP contribution in [0.3, 0.4) is 0 Å². The fourth-order valence-corrected chi connectivity index (χ4v) is 5.23.